The summed E-state index contributed by atoms with van der Waals surface area (Å²) in [6.07, 6.45) is 1.60. The van der Waals surface area contributed by atoms with E-state index in [-0.39, 0.29) is 24.2 Å². The molecule has 0 spiro atoms. The van der Waals surface area contributed by atoms with E-state index in [1.165, 1.54) is 11.8 Å². The second-order valence-electron chi connectivity index (χ2n) is 9.27. The first-order chi connectivity index (χ1) is 21.0. The Balaban J connectivity index is 1.25. The second kappa shape index (κ2) is 14.1. The Bertz CT molecular complexity index is 1640. The SMILES string of the molecule is CCOc1ccc(/C=C(/NC(=O)c2ccccc2)C(=O)Nc2cccc(SCC(=O)Nc3ccc4c(c3)OCO4)c2)cc1. The highest BCUT2D eigenvalue weighted by Crippen LogP contribution is 2.34. The molecule has 0 bridgehead atoms. The van der Waals surface area contributed by atoms with Crippen LogP contribution in [-0.2, 0) is 9.59 Å². The Kier molecular flexibility index (Phi) is 9.60. The van der Waals surface area contributed by atoms with E-state index in [1.807, 2.05) is 19.1 Å². The first-order valence-corrected chi connectivity index (χ1v) is 14.5. The van der Waals surface area contributed by atoms with Gasteiger partial charge in [-0.25, -0.2) is 0 Å². The van der Waals surface area contributed by atoms with Gasteiger partial charge in [0, 0.05) is 27.9 Å². The van der Waals surface area contributed by atoms with Crippen LogP contribution in [0.1, 0.15) is 22.8 Å². The van der Waals surface area contributed by atoms with Crippen LogP contribution >= 0.6 is 11.8 Å². The molecular formula is C33H29N3O6S. The lowest BCUT2D eigenvalue weighted by atomic mass is 10.1. The van der Waals surface area contributed by atoms with Crippen molar-refractivity contribution in [3.05, 3.63) is 114 Å². The van der Waals surface area contributed by atoms with Gasteiger partial charge in [0.15, 0.2) is 11.5 Å². The van der Waals surface area contributed by atoms with Crippen LogP contribution in [-0.4, -0.2) is 36.9 Å². The molecule has 4 aromatic carbocycles. The van der Waals surface area contributed by atoms with Crippen molar-refractivity contribution in [2.45, 2.75) is 11.8 Å². The summed E-state index contributed by atoms with van der Waals surface area (Å²) < 4.78 is 16.2. The van der Waals surface area contributed by atoms with Crippen LogP contribution in [0.15, 0.2) is 108 Å². The predicted molar refractivity (Wildman–Crippen MR) is 166 cm³/mol. The van der Waals surface area contributed by atoms with Crippen LogP contribution in [0.2, 0.25) is 0 Å². The third-order valence-corrected chi connectivity index (χ3v) is 7.14. The highest BCUT2D eigenvalue weighted by Gasteiger charge is 2.16. The molecule has 43 heavy (non-hydrogen) atoms. The second-order valence-corrected chi connectivity index (χ2v) is 10.3. The zero-order valence-corrected chi connectivity index (χ0v) is 24.1. The molecule has 0 fully saturated rings. The Morgan fingerprint density at radius 2 is 1.60 bits per heavy atom. The minimum atomic E-state index is -0.499. The number of carbonyl (C=O) groups is 3. The fourth-order valence-corrected chi connectivity index (χ4v) is 4.87. The molecule has 0 radical (unpaired) electrons. The molecule has 0 saturated heterocycles. The zero-order chi connectivity index (χ0) is 30.0. The maximum atomic E-state index is 13.4. The van der Waals surface area contributed by atoms with Crippen molar-refractivity contribution >= 4 is 46.9 Å². The number of fused-ring (bicyclic) bond motifs is 1. The number of ether oxygens (including phenoxy) is 3. The van der Waals surface area contributed by atoms with Crippen molar-refractivity contribution in [2.24, 2.45) is 0 Å². The average molecular weight is 596 g/mol. The molecule has 1 heterocycles. The summed E-state index contributed by atoms with van der Waals surface area (Å²) in [5, 5.41) is 8.44. The molecule has 10 heteroatoms. The number of anilines is 2. The molecule has 0 aliphatic carbocycles. The van der Waals surface area contributed by atoms with Gasteiger partial charge < -0.3 is 30.2 Å². The van der Waals surface area contributed by atoms with Crippen LogP contribution in [0.25, 0.3) is 6.08 Å². The molecule has 3 amide bonds. The molecule has 0 aromatic heterocycles. The van der Waals surface area contributed by atoms with Gasteiger partial charge in [0.25, 0.3) is 11.8 Å². The monoisotopic (exact) mass is 595 g/mol. The number of nitrogens with one attached hydrogen (secondary N) is 3. The predicted octanol–water partition coefficient (Wildman–Crippen LogP) is 5.95. The van der Waals surface area contributed by atoms with Crippen LogP contribution < -0.4 is 30.2 Å². The number of carbonyl (C=O) groups excluding carboxylic acids is 3. The topological polar surface area (TPSA) is 115 Å². The van der Waals surface area contributed by atoms with Crippen LogP contribution in [0.4, 0.5) is 11.4 Å². The largest absolute Gasteiger partial charge is 0.494 e. The standard InChI is InChI=1S/C33H29N3O6S/c1-2-40-26-14-11-22(12-15-26)17-28(36-32(38)23-7-4-3-5-8-23)33(39)35-24-9-6-10-27(18-24)43-20-31(37)34-25-13-16-29-30(19-25)42-21-41-29/h3-19H,2,20-21H2,1H3,(H,34,37)(H,35,39)(H,36,38)/b28-17+. The molecule has 4 aromatic rings. The molecular weight excluding hydrogens is 566 g/mol. The van der Waals surface area contributed by atoms with Gasteiger partial charge in [-0.05, 0) is 73.2 Å². The zero-order valence-electron chi connectivity index (χ0n) is 23.3. The van der Waals surface area contributed by atoms with E-state index in [1.54, 1.807) is 91.0 Å². The first kappa shape index (κ1) is 29.3. The van der Waals surface area contributed by atoms with Gasteiger partial charge in [-0.15, -0.1) is 11.8 Å². The maximum Gasteiger partial charge on any atom is 0.272 e. The minimum absolute atomic E-state index is 0.0687. The average Bonchev–Trinajstić information content (AvgIpc) is 3.49. The van der Waals surface area contributed by atoms with E-state index in [0.29, 0.717) is 46.4 Å². The van der Waals surface area contributed by atoms with Crippen molar-refractivity contribution in [1.29, 1.82) is 0 Å². The van der Waals surface area contributed by atoms with Crippen molar-refractivity contribution in [3.63, 3.8) is 0 Å². The smallest absolute Gasteiger partial charge is 0.272 e. The third kappa shape index (κ3) is 8.17. The Morgan fingerprint density at radius 3 is 2.40 bits per heavy atom. The quantitative estimate of drug-likeness (QED) is 0.145. The molecule has 3 N–H and O–H groups in total. The van der Waals surface area contributed by atoms with E-state index in [0.717, 1.165) is 4.90 Å². The van der Waals surface area contributed by atoms with Crippen molar-refractivity contribution < 1.29 is 28.6 Å². The highest BCUT2D eigenvalue weighted by atomic mass is 32.2. The summed E-state index contributed by atoms with van der Waals surface area (Å²) in [5.41, 5.74) is 2.32. The molecule has 1 aliphatic rings. The summed E-state index contributed by atoms with van der Waals surface area (Å²) in [5.74, 6) is 0.988. The van der Waals surface area contributed by atoms with Gasteiger partial charge in [0.2, 0.25) is 12.7 Å². The first-order valence-electron chi connectivity index (χ1n) is 13.5. The summed E-state index contributed by atoms with van der Waals surface area (Å²) in [4.78, 5) is 39.7. The van der Waals surface area contributed by atoms with Gasteiger partial charge in [-0.1, -0.05) is 36.4 Å². The fraction of sp³-hybridized carbons (Fsp3) is 0.121. The third-order valence-electron chi connectivity index (χ3n) is 6.15. The number of hydrogen-bond donors (Lipinski definition) is 3. The van der Waals surface area contributed by atoms with E-state index in [4.69, 9.17) is 14.2 Å². The normalized spacial score (nSPS) is 11.9. The van der Waals surface area contributed by atoms with E-state index in [9.17, 15) is 14.4 Å². The summed E-state index contributed by atoms with van der Waals surface area (Å²) in [6, 6.07) is 28.2. The summed E-state index contributed by atoms with van der Waals surface area (Å²) in [6.45, 7) is 2.60. The van der Waals surface area contributed by atoms with Crippen LogP contribution in [0.5, 0.6) is 17.2 Å². The van der Waals surface area contributed by atoms with Gasteiger partial charge in [0.05, 0.1) is 12.4 Å². The lowest BCUT2D eigenvalue weighted by Gasteiger charge is -2.12. The van der Waals surface area contributed by atoms with Crippen molar-refractivity contribution in [3.8, 4) is 17.2 Å². The lowest BCUT2D eigenvalue weighted by molar-refractivity contribution is -0.114. The number of hydrogen-bond acceptors (Lipinski definition) is 7. The summed E-state index contributed by atoms with van der Waals surface area (Å²) in [7, 11) is 0. The molecule has 1 aliphatic heterocycles. The number of benzene rings is 4. The molecule has 5 rings (SSSR count). The number of thioether (sulfide) groups is 1. The van der Waals surface area contributed by atoms with Crippen LogP contribution in [0.3, 0.4) is 0 Å². The fourth-order valence-electron chi connectivity index (χ4n) is 4.12. The molecule has 0 saturated carbocycles. The van der Waals surface area contributed by atoms with Gasteiger partial charge in [-0.3, -0.25) is 14.4 Å². The Hall–Kier alpha value is -5.22. The van der Waals surface area contributed by atoms with Crippen molar-refractivity contribution in [2.75, 3.05) is 29.8 Å². The van der Waals surface area contributed by atoms with E-state index >= 15 is 0 Å². The number of amides is 3. The Labute approximate surface area is 253 Å². The molecule has 0 unspecified atom stereocenters. The van der Waals surface area contributed by atoms with E-state index < -0.39 is 11.8 Å². The van der Waals surface area contributed by atoms with Crippen molar-refractivity contribution in [1.82, 2.24) is 5.32 Å². The van der Waals surface area contributed by atoms with Gasteiger partial charge in [0.1, 0.15) is 11.4 Å². The molecule has 218 valence electrons. The highest BCUT2D eigenvalue weighted by molar-refractivity contribution is 8.00. The Morgan fingerprint density at radius 1 is 0.837 bits per heavy atom. The van der Waals surface area contributed by atoms with E-state index in [2.05, 4.69) is 16.0 Å². The van der Waals surface area contributed by atoms with Gasteiger partial charge >= 0.3 is 0 Å². The molecule has 0 atom stereocenters. The van der Waals surface area contributed by atoms with Gasteiger partial charge in [-0.2, -0.15) is 0 Å². The lowest BCUT2D eigenvalue weighted by Crippen LogP contribution is -2.30. The molecule has 9 nitrogen and oxygen atoms in total. The maximum absolute atomic E-state index is 13.4. The summed E-state index contributed by atoms with van der Waals surface area (Å²) >= 11 is 1.32. The van der Waals surface area contributed by atoms with Crippen LogP contribution in [0, 0.1) is 0 Å². The number of rotatable bonds is 11. The minimum Gasteiger partial charge on any atom is -0.494 e.